The highest BCUT2D eigenvalue weighted by Gasteiger charge is 2.12. The lowest BCUT2D eigenvalue weighted by atomic mass is 9.92. The van der Waals surface area contributed by atoms with Crippen molar-refractivity contribution in [2.24, 2.45) is 0 Å². The van der Waals surface area contributed by atoms with E-state index in [9.17, 15) is 0 Å². The number of fused-ring (bicyclic) bond motifs is 3. The molecule has 0 fully saturated rings. The van der Waals surface area contributed by atoms with E-state index in [4.69, 9.17) is 0 Å². The van der Waals surface area contributed by atoms with E-state index in [2.05, 4.69) is 158 Å². The van der Waals surface area contributed by atoms with Gasteiger partial charge in [0.1, 0.15) is 0 Å². The van der Waals surface area contributed by atoms with Crippen molar-refractivity contribution in [3.05, 3.63) is 145 Å². The SMILES string of the molecule is C/C=C\C(=C/CC)c1cc(-c2ccccc2)cc(-c2ccc(-n3c4ccccc4c4ccccc43)cc2)c1. The van der Waals surface area contributed by atoms with Crippen LogP contribution in [0.2, 0.25) is 0 Å². The summed E-state index contributed by atoms with van der Waals surface area (Å²) in [6, 6.07) is 43.9. The van der Waals surface area contributed by atoms with Crippen LogP contribution in [0.25, 0.3) is 55.3 Å². The van der Waals surface area contributed by atoms with Crippen LogP contribution in [0, 0.1) is 0 Å². The molecule has 6 aromatic rings. The van der Waals surface area contributed by atoms with E-state index in [-0.39, 0.29) is 0 Å². The molecule has 0 N–H and O–H groups in total. The van der Waals surface area contributed by atoms with Crippen molar-refractivity contribution in [3.8, 4) is 27.9 Å². The van der Waals surface area contributed by atoms with Gasteiger partial charge < -0.3 is 4.57 Å². The van der Waals surface area contributed by atoms with Gasteiger partial charge in [-0.05, 0) is 89.2 Å². The van der Waals surface area contributed by atoms with E-state index in [0.29, 0.717) is 0 Å². The van der Waals surface area contributed by atoms with Crippen LogP contribution >= 0.6 is 0 Å². The molecular weight excluding hydrogens is 458 g/mol. The molecule has 6 rings (SSSR count). The topological polar surface area (TPSA) is 4.93 Å². The fraction of sp³-hybridized carbons (Fsp3) is 0.0811. The zero-order valence-corrected chi connectivity index (χ0v) is 21.9. The van der Waals surface area contributed by atoms with Crippen molar-refractivity contribution in [3.63, 3.8) is 0 Å². The molecule has 1 nitrogen and oxygen atoms in total. The summed E-state index contributed by atoms with van der Waals surface area (Å²) in [6.07, 6.45) is 7.64. The minimum Gasteiger partial charge on any atom is -0.309 e. The Morgan fingerprint density at radius 1 is 0.605 bits per heavy atom. The molecule has 38 heavy (non-hydrogen) atoms. The summed E-state index contributed by atoms with van der Waals surface area (Å²) in [7, 11) is 0. The summed E-state index contributed by atoms with van der Waals surface area (Å²) >= 11 is 0. The maximum absolute atomic E-state index is 2.37. The van der Waals surface area contributed by atoms with Gasteiger partial charge in [0.05, 0.1) is 11.0 Å². The summed E-state index contributed by atoms with van der Waals surface area (Å²) in [4.78, 5) is 0. The van der Waals surface area contributed by atoms with Crippen molar-refractivity contribution >= 4 is 27.4 Å². The van der Waals surface area contributed by atoms with Gasteiger partial charge in [-0.2, -0.15) is 0 Å². The molecule has 0 radical (unpaired) electrons. The molecular formula is C37H31N. The van der Waals surface area contributed by atoms with E-state index >= 15 is 0 Å². The highest BCUT2D eigenvalue weighted by Crippen LogP contribution is 2.34. The van der Waals surface area contributed by atoms with E-state index < -0.39 is 0 Å². The van der Waals surface area contributed by atoms with Gasteiger partial charge in [0.2, 0.25) is 0 Å². The van der Waals surface area contributed by atoms with Crippen molar-refractivity contribution < 1.29 is 0 Å². The number of para-hydroxylation sites is 2. The quantitative estimate of drug-likeness (QED) is 0.205. The summed E-state index contributed by atoms with van der Waals surface area (Å²) in [5.41, 5.74) is 11.0. The summed E-state index contributed by atoms with van der Waals surface area (Å²) < 4.78 is 2.37. The van der Waals surface area contributed by atoms with Gasteiger partial charge in [0.15, 0.2) is 0 Å². The number of allylic oxidation sites excluding steroid dienone is 4. The first-order chi connectivity index (χ1) is 18.8. The van der Waals surface area contributed by atoms with Gasteiger partial charge in [-0.25, -0.2) is 0 Å². The standard InChI is InChI=1S/C37H31N/c1-3-12-27(13-4-2)30-24-31(28-14-6-5-7-15-28)26-32(25-30)29-20-22-33(23-21-29)38-36-18-10-8-16-34(36)35-17-9-11-19-37(35)38/h3,5-26H,4H2,1-2H3/b12-3-,27-13+. The number of benzene rings is 5. The minimum absolute atomic E-state index is 0.998. The molecule has 0 aliphatic carbocycles. The van der Waals surface area contributed by atoms with Crippen molar-refractivity contribution in [2.75, 3.05) is 0 Å². The number of aromatic nitrogens is 1. The van der Waals surface area contributed by atoms with Crippen LogP contribution in [0.3, 0.4) is 0 Å². The Morgan fingerprint density at radius 2 is 1.16 bits per heavy atom. The lowest BCUT2D eigenvalue weighted by molar-refractivity contribution is 1.18. The summed E-state index contributed by atoms with van der Waals surface area (Å²) in [6.45, 7) is 4.28. The van der Waals surface area contributed by atoms with Crippen molar-refractivity contribution in [1.82, 2.24) is 4.57 Å². The van der Waals surface area contributed by atoms with Gasteiger partial charge in [-0.3, -0.25) is 0 Å². The van der Waals surface area contributed by atoms with Gasteiger partial charge in [-0.15, -0.1) is 0 Å². The Morgan fingerprint density at radius 3 is 1.74 bits per heavy atom. The Labute approximate surface area is 225 Å². The second kappa shape index (κ2) is 10.4. The third-order valence-corrected chi connectivity index (χ3v) is 7.18. The Balaban J connectivity index is 1.49. The second-order valence-electron chi connectivity index (χ2n) is 9.65. The molecule has 0 unspecified atom stereocenters. The van der Waals surface area contributed by atoms with Crippen LogP contribution in [0.1, 0.15) is 25.8 Å². The largest absolute Gasteiger partial charge is 0.309 e. The second-order valence-corrected chi connectivity index (χ2v) is 9.65. The first-order valence-corrected chi connectivity index (χ1v) is 13.4. The van der Waals surface area contributed by atoms with Gasteiger partial charge >= 0.3 is 0 Å². The highest BCUT2D eigenvalue weighted by molar-refractivity contribution is 6.09. The number of hydrogen-bond donors (Lipinski definition) is 0. The van der Waals surface area contributed by atoms with Crippen LogP contribution in [-0.2, 0) is 0 Å². The summed E-state index contributed by atoms with van der Waals surface area (Å²) in [5, 5.41) is 2.57. The van der Waals surface area contributed by atoms with Gasteiger partial charge in [0.25, 0.3) is 0 Å². The maximum atomic E-state index is 2.37. The molecule has 5 aromatic carbocycles. The average molecular weight is 490 g/mol. The Kier molecular flexibility index (Phi) is 6.50. The van der Waals surface area contributed by atoms with E-state index in [1.807, 2.05) is 0 Å². The molecule has 0 saturated heterocycles. The third-order valence-electron chi connectivity index (χ3n) is 7.18. The van der Waals surface area contributed by atoms with Gasteiger partial charge in [0, 0.05) is 16.5 Å². The predicted molar refractivity (Wildman–Crippen MR) is 165 cm³/mol. The molecule has 0 bridgehead atoms. The number of hydrogen-bond acceptors (Lipinski definition) is 0. The minimum atomic E-state index is 0.998. The van der Waals surface area contributed by atoms with E-state index in [1.165, 1.54) is 60.9 Å². The smallest absolute Gasteiger partial charge is 0.0541 e. The molecule has 1 heterocycles. The maximum Gasteiger partial charge on any atom is 0.0541 e. The van der Waals surface area contributed by atoms with Crippen molar-refractivity contribution in [1.29, 1.82) is 0 Å². The Hall–Kier alpha value is -4.62. The molecule has 0 atom stereocenters. The summed E-state index contributed by atoms with van der Waals surface area (Å²) in [5.74, 6) is 0. The predicted octanol–water partition coefficient (Wildman–Crippen LogP) is 10.5. The average Bonchev–Trinajstić information content (AvgIpc) is 3.32. The molecule has 1 aromatic heterocycles. The molecule has 1 heteroatoms. The fourth-order valence-electron chi connectivity index (χ4n) is 5.44. The van der Waals surface area contributed by atoms with Crippen LogP contribution < -0.4 is 0 Å². The normalized spacial score (nSPS) is 12.1. The zero-order valence-electron chi connectivity index (χ0n) is 21.9. The number of rotatable bonds is 6. The van der Waals surface area contributed by atoms with E-state index in [0.717, 1.165) is 6.42 Å². The molecule has 0 aliphatic rings. The fourth-order valence-corrected chi connectivity index (χ4v) is 5.44. The Bertz CT molecular complexity index is 1730. The molecule has 0 saturated carbocycles. The van der Waals surface area contributed by atoms with E-state index in [1.54, 1.807) is 0 Å². The lowest BCUT2D eigenvalue weighted by Crippen LogP contribution is -1.94. The van der Waals surface area contributed by atoms with Crippen LogP contribution in [0.15, 0.2) is 140 Å². The highest BCUT2D eigenvalue weighted by atomic mass is 15.0. The van der Waals surface area contributed by atoms with Crippen LogP contribution in [-0.4, -0.2) is 4.57 Å². The molecule has 0 amide bonds. The number of nitrogens with zero attached hydrogens (tertiary/aromatic N) is 1. The molecule has 184 valence electrons. The molecule has 0 aliphatic heterocycles. The first-order valence-electron chi connectivity index (χ1n) is 13.4. The first kappa shape index (κ1) is 23.8. The van der Waals surface area contributed by atoms with Crippen LogP contribution in [0.5, 0.6) is 0 Å². The zero-order chi connectivity index (χ0) is 25.9. The van der Waals surface area contributed by atoms with Crippen molar-refractivity contribution in [2.45, 2.75) is 20.3 Å². The molecule has 0 spiro atoms. The lowest BCUT2D eigenvalue weighted by Gasteiger charge is -2.13. The van der Waals surface area contributed by atoms with Crippen LogP contribution in [0.4, 0.5) is 0 Å². The van der Waals surface area contributed by atoms with Gasteiger partial charge in [-0.1, -0.05) is 104 Å². The third kappa shape index (κ3) is 4.37. The monoisotopic (exact) mass is 489 g/mol.